The quantitative estimate of drug-likeness (QED) is 0.0195. The molecule has 0 aliphatic heterocycles. The molecule has 0 aliphatic rings. The van der Waals surface area contributed by atoms with E-state index in [2.05, 4.69) is 62.5 Å². The molecule has 0 saturated carbocycles. The Balaban J connectivity index is 4.24. The van der Waals surface area contributed by atoms with Gasteiger partial charge in [0.25, 0.3) is 0 Å². The standard InChI is InChI=1S/C62H113NO8/c1-6-8-10-12-14-16-18-20-22-24-26-28-29-30-31-33-34-36-38-40-42-44-46-48-50-52-59(64)69-56-58(57-70-62(61(66)67)68-55-54-63(3,4)5)71-60(65)53-51-49-47-45-43-41-39-37-35-32-27-25-23-21-19-17-15-13-11-9-7-2/h19,21,24-27,35,37,58,62H,6-18,20,22-23,28-34,36,38-57H2,1-5H3/b21-19-,26-24-,27-25-,37-35-. The number of unbranched alkanes of at least 4 members (excludes halogenated alkanes) is 32. The van der Waals surface area contributed by atoms with Gasteiger partial charge in [0.05, 0.1) is 40.3 Å². The molecule has 0 radical (unpaired) electrons. The van der Waals surface area contributed by atoms with Crippen molar-refractivity contribution in [3.63, 3.8) is 0 Å². The van der Waals surface area contributed by atoms with Crippen LogP contribution in [-0.4, -0.2) is 82.3 Å². The van der Waals surface area contributed by atoms with Crippen molar-refractivity contribution < 1.29 is 42.9 Å². The Labute approximate surface area is 438 Å². The topological polar surface area (TPSA) is 111 Å². The van der Waals surface area contributed by atoms with Gasteiger partial charge in [-0.05, 0) is 77.0 Å². The molecule has 71 heavy (non-hydrogen) atoms. The molecule has 0 aromatic carbocycles. The van der Waals surface area contributed by atoms with Crippen LogP contribution in [0.25, 0.3) is 0 Å². The molecule has 9 nitrogen and oxygen atoms in total. The molecule has 0 aromatic heterocycles. The summed E-state index contributed by atoms with van der Waals surface area (Å²) >= 11 is 0. The lowest BCUT2D eigenvalue weighted by Gasteiger charge is -2.26. The average molecular weight is 1000 g/mol. The fraction of sp³-hybridized carbons (Fsp3) is 0.823. The zero-order chi connectivity index (χ0) is 52.0. The number of nitrogens with zero attached hydrogens (tertiary/aromatic N) is 1. The van der Waals surface area contributed by atoms with Gasteiger partial charge in [-0.2, -0.15) is 0 Å². The normalized spacial score (nSPS) is 13.1. The minimum Gasteiger partial charge on any atom is -0.545 e. The summed E-state index contributed by atoms with van der Waals surface area (Å²) in [5.74, 6) is -2.29. The van der Waals surface area contributed by atoms with Crippen LogP contribution in [0, 0.1) is 0 Å². The van der Waals surface area contributed by atoms with Crippen molar-refractivity contribution in [3.8, 4) is 0 Å². The molecule has 0 N–H and O–H groups in total. The van der Waals surface area contributed by atoms with E-state index in [4.69, 9.17) is 18.9 Å². The van der Waals surface area contributed by atoms with Crippen molar-refractivity contribution in [2.75, 3.05) is 47.5 Å². The number of carbonyl (C=O) groups is 3. The highest BCUT2D eigenvalue weighted by atomic mass is 16.7. The third-order valence-corrected chi connectivity index (χ3v) is 13.0. The summed E-state index contributed by atoms with van der Waals surface area (Å²) in [6.07, 6.45) is 63.0. The van der Waals surface area contributed by atoms with Crippen LogP contribution in [0.4, 0.5) is 0 Å². The van der Waals surface area contributed by atoms with Crippen molar-refractivity contribution in [2.24, 2.45) is 0 Å². The Morgan fingerprint density at radius 3 is 1.14 bits per heavy atom. The number of allylic oxidation sites excluding steroid dienone is 8. The zero-order valence-corrected chi connectivity index (χ0v) is 47.1. The largest absolute Gasteiger partial charge is 0.545 e. The molecule has 0 heterocycles. The van der Waals surface area contributed by atoms with E-state index >= 15 is 0 Å². The summed E-state index contributed by atoms with van der Waals surface area (Å²) in [5.41, 5.74) is 0. The second-order valence-electron chi connectivity index (χ2n) is 21.3. The van der Waals surface area contributed by atoms with Crippen LogP contribution in [0.5, 0.6) is 0 Å². The van der Waals surface area contributed by atoms with Crippen LogP contribution in [0.3, 0.4) is 0 Å². The lowest BCUT2D eigenvalue weighted by molar-refractivity contribution is -0.870. The molecule has 0 spiro atoms. The van der Waals surface area contributed by atoms with Crippen LogP contribution in [0.15, 0.2) is 48.6 Å². The zero-order valence-electron chi connectivity index (χ0n) is 47.1. The summed E-state index contributed by atoms with van der Waals surface area (Å²) in [4.78, 5) is 37.3. The van der Waals surface area contributed by atoms with Crippen LogP contribution in [-0.2, 0) is 33.3 Å². The first-order valence-corrected chi connectivity index (χ1v) is 29.8. The SMILES string of the molecule is CCCCCCC/C=C\C/C=C\C/C=C\CCCCCCCCC(=O)OC(COC(=O)CCCCCCCCCCCCCCC/C=C\CCCCCCCCCC)COC(OCC[N+](C)(C)C)C(=O)[O-]. The number of ether oxygens (including phenoxy) is 4. The number of carboxylic acids is 1. The van der Waals surface area contributed by atoms with Crippen molar-refractivity contribution >= 4 is 17.9 Å². The molecule has 0 fully saturated rings. The Hall–Kier alpha value is -2.75. The van der Waals surface area contributed by atoms with E-state index in [1.807, 2.05) is 21.1 Å². The van der Waals surface area contributed by atoms with Gasteiger partial charge in [0.15, 0.2) is 12.4 Å². The molecular weight excluding hydrogens is 887 g/mol. The number of esters is 2. The maximum absolute atomic E-state index is 12.9. The predicted molar refractivity (Wildman–Crippen MR) is 297 cm³/mol. The third-order valence-electron chi connectivity index (χ3n) is 13.0. The van der Waals surface area contributed by atoms with Gasteiger partial charge in [0.2, 0.25) is 0 Å². The third kappa shape index (κ3) is 54.9. The number of quaternary nitrogens is 1. The maximum Gasteiger partial charge on any atom is 0.306 e. The van der Waals surface area contributed by atoms with E-state index in [1.54, 1.807) is 0 Å². The van der Waals surface area contributed by atoms with Gasteiger partial charge >= 0.3 is 11.9 Å². The number of carboxylic acid groups (broad SMARTS) is 1. The van der Waals surface area contributed by atoms with Gasteiger partial charge in [-0.3, -0.25) is 9.59 Å². The number of aliphatic carboxylic acids is 1. The monoisotopic (exact) mass is 1000 g/mol. The Morgan fingerprint density at radius 1 is 0.423 bits per heavy atom. The van der Waals surface area contributed by atoms with Gasteiger partial charge in [-0.25, -0.2) is 0 Å². The molecule has 0 amide bonds. The van der Waals surface area contributed by atoms with Gasteiger partial charge in [0, 0.05) is 12.8 Å². The van der Waals surface area contributed by atoms with Crippen molar-refractivity contribution in [2.45, 2.75) is 283 Å². The maximum atomic E-state index is 12.9. The predicted octanol–water partition coefficient (Wildman–Crippen LogP) is 16.1. The van der Waals surface area contributed by atoms with E-state index in [1.165, 1.54) is 167 Å². The highest BCUT2D eigenvalue weighted by Gasteiger charge is 2.22. The van der Waals surface area contributed by atoms with Crippen LogP contribution >= 0.6 is 0 Å². The first kappa shape index (κ1) is 68.2. The lowest BCUT2D eigenvalue weighted by atomic mass is 10.0. The Kier molecular flexibility index (Phi) is 51.5. The molecule has 0 rings (SSSR count). The average Bonchev–Trinajstić information content (AvgIpc) is 3.34. The van der Waals surface area contributed by atoms with E-state index in [0.29, 0.717) is 17.4 Å². The van der Waals surface area contributed by atoms with Crippen molar-refractivity contribution in [1.82, 2.24) is 0 Å². The lowest BCUT2D eigenvalue weighted by Crippen LogP contribution is -2.44. The first-order valence-electron chi connectivity index (χ1n) is 29.8. The van der Waals surface area contributed by atoms with E-state index < -0.39 is 24.3 Å². The Bertz CT molecular complexity index is 1300. The first-order chi connectivity index (χ1) is 34.6. The minimum absolute atomic E-state index is 0.144. The van der Waals surface area contributed by atoms with Crippen LogP contribution in [0.2, 0.25) is 0 Å². The van der Waals surface area contributed by atoms with Gasteiger partial charge in [-0.15, -0.1) is 0 Å². The van der Waals surface area contributed by atoms with Gasteiger partial charge < -0.3 is 33.3 Å². The second-order valence-corrected chi connectivity index (χ2v) is 21.3. The molecule has 9 heteroatoms. The highest BCUT2D eigenvalue weighted by Crippen LogP contribution is 2.16. The molecular formula is C62H113NO8. The van der Waals surface area contributed by atoms with Crippen molar-refractivity contribution in [1.29, 1.82) is 0 Å². The molecule has 0 aromatic rings. The number of likely N-dealkylation sites (N-methyl/N-ethyl adjacent to an activating group) is 1. The number of rotatable bonds is 55. The molecule has 414 valence electrons. The van der Waals surface area contributed by atoms with Crippen LogP contribution < -0.4 is 5.11 Å². The summed E-state index contributed by atoms with van der Waals surface area (Å²) in [6, 6.07) is 0. The van der Waals surface area contributed by atoms with Crippen molar-refractivity contribution in [3.05, 3.63) is 48.6 Å². The molecule has 0 aliphatic carbocycles. The fourth-order valence-corrected chi connectivity index (χ4v) is 8.42. The Morgan fingerprint density at radius 2 is 0.761 bits per heavy atom. The number of carbonyl (C=O) groups excluding carboxylic acids is 3. The molecule has 2 unspecified atom stereocenters. The summed E-state index contributed by atoms with van der Waals surface area (Å²) in [6.45, 7) is 4.75. The van der Waals surface area contributed by atoms with Gasteiger partial charge in [-0.1, -0.05) is 229 Å². The summed E-state index contributed by atoms with van der Waals surface area (Å²) in [5, 5.41) is 11.8. The van der Waals surface area contributed by atoms with Gasteiger partial charge in [0.1, 0.15) is 13.2 Å². The van der Waals surface area contributed by atoms with E-state index in [9.17, 15) is 19.5 Å². The number of hydrogen-bond acceptors (Lipinski definition) is 8. The van der Waals surface area contributed by atoms with Crippen LogP contribution in [0.1, 0.15) is 271 Å². The van der Waals surface area contributed by atoms with E-state index in [-0.39, 0.29) is 38.6 Å². The summed E-state index contributed by atoms with van der Waals surface area (Å²) in [7, 11) is 5.92. The highest BCUT2D eigenvalue weighted by molar-refractivity contribution is 5.70. The smallest absolute Gasteiger partial charge is 0.306 e. The fourth-order valence-electron chi connectivity index (χ4n) is 8.42. The molecule has 2 atom stereocenters. The molecule has 0 saturated heterocycles. The number of hydrogen-bond donors (Lipinski definition) is 0. The second kappa shape index (κ2) is 53.5. The minimum atomic E-state index is -1.63. The molecule has 0 bridgehead atoms. The van der Waals surface area contributed by atoms with E-state index in [0.717, 1.165) is 70.6 Å². The summed E-state index contributed by atoms with van der Waals surface area (Å²) < 4.78 is 22.7.